The third-order valence-corrected chi connectivity index (χ3v) is 4.22. The van der Waals surface area contributed by atoms with Gasteiger partial charge in [0.1, 0.15) is 10.8 Å². The summed E-state index contributed by atoms with van der Waals surface area (Å²) < 4.78 is 0. The topological polar surface area (TPSA) is 54.0 Å². The van der Waals surface area contributed by atoms with Crippen LogP contribution < -0.4 is 10.6 Å². The molecule has 0 saturated carbocycles. The molecule has 0 unspecified atom stereocenters. The predicted octanol–water partition coefficient (Wildman–Crippen LogP) is 4.54. The Morgan fingerprint density at radius 3 is 2.43 bits per heavy atom. The zero-order chi connectivity index (χ0) is 15.4. The molecule has 110 valence electrons. The maximum Gasteiger partial charge on any atom is 0.221 e. The van der Waals surface area contributed by atoms with Crippen molar-refractivity contribution in [3.63, 3.8) is 0 Å². The highest BCUT2D eigenvalue weighted by molar-refractivity contribution is 7.99. The molecule has 0 aliphatic rings. The van der Waals surface area contributed by atoms with Crippen molar-refractivity contribution in [2.45, 2.75) is 16.8 Å². The molecule has 21 heavy (non-hydrogen) atoms. The highest BCUT2D eigenvalue weighted by Gasteiger charge is 2.10. The number of anilines is 2. The van der Waals surface area contributed by atoms with E-state index in [1.807, 2.05) is 24.3 Å². The number of amides is 1. The lowest BCUT2D eigenvalue weighted by Crippen LogP contribution is -2.05. The van der Waals surface area contributed by atoms with E-state index in [-0.39, 0.29) is 5.91 Å². The second kappa shape index (κ2) is 7.02. The molecule has 1 heterocycles. The number of benzene rings is 1. The first kappa shape index (κ1) is 15.9. The minimum Gasteiger partial charge on any atom is -0.372 e. The van der Waals surface area contributed by atoms with Gasteiger partial charge in [-0.05, 0) is 30.3 Å². The summed E-state index contributed by atoms with van der Waals surface area (Å²) in [4.78, 5) is 16.3. The van der Waals surface area contributed by atoms with E-state index >= 15 is 0 Å². The van der Waals surface area contributed by atoms with E-state index in [0.29, 0.717) is 20.9 Å². The zero-order valence-corrected chi connectivity index (χ0v) is 13.7. The van der Waals surface area contributed by atoms with Gasteiger partial charge in [0.25, 0.3) is 0 Å². The van der Waals surface area contributed by atoms with Crippen molar-refractivity contribution in [1.29, 1.82) is 0 Å². The quantitative estimate of drug-likeness (QED) is 0.857. The normalized spacial score (nSPS) is 10.3. The fourth-order valence-electron chi connectivity index (χ4n) is 1.62. The standard InChI is InChI=1S/C14H13Cl2N3OS/c1-8(20)18-9-3-5-10(6-4-9)21-14-12(16)7-11(15)13(17-2)19-14/h3-7H,1-2H3,(H,17,19)(H,18,20). The van der Waals surface area contributed by atoms with Crippen molar-refractivity contribution < 1.29 is 4.79 Å². The Morgan fingerprint density at radius 1 is 1.19 bits per heavy atom. The number of nitrogens with one attached hydrogen (secondary N) is 2. The van der Waals surface area contributed by atoms with E-state index in [1.54, 1.807) is 13.1 Å². The van der Waals surface area contributed by atoms with Crippen molar-refractivity contribution in [3.05, 3.63) is 40.4 Å². The number of carbonyl (C=O) groups excluding carboxylic acids is 1. The van der Waals surface area contributed by atoms with E-state index in [4.69, 9.17) is 23.2 Å². The molecule has 0 radical (unpaired) electrons. The summed E-state index contributed by atoms with van der Waals surface area (Å²) in [6, 6.07) is 9.10. The number of rotatable bonds is 4. The molecule has 0 bridgehead atoms. The van der Waals surface area contributed by atoms with Gasteiger partial charge in [0.15, 0.2) is 0 Å². The summed E-state index contributed by atoms with van der Waals surface area (Å²) in [5, 5.41) is 7.27. The first-order chi connectivity index (χ1) is 9.99. The molecular weight excluding hydrogens is 329 g/mol. The molecule has 0 spiro atoms. The Balaban J connectivity index is 2.20. The van der Waals surface area contributed by atoms with Crippen LogP contribution in [0.4, 0.5) is 11.5 Å². The van der Waals surface area contributed by atoms with Crippen LogP contribution in [0.15, 0.2) is 40.3 Å². The van der Waals surface area contributed by atoms with Crippen LogP contribution in [0.3, 0.4) is 0 Å². The van der Waals surface area contributed by atoms with Gasteiger partial charge in [-0.25, -0.2) is 4.98 Å². The summed E-state index contributed by atoms with van der Waals surface area (Å²) in [6.07, 6.45) is 0. The van der Waals surface area contributed by atoms with E-state index in [9.17, 15) is 4.79 Å². The second-order valence-electron chi connectivity index (χ2n) is 4.16. The minimum absolute atomic E-state index is 0.100. The van der Waals surface area contributed by atoms with E-state index in [2.05, 4.69) is 15.6 Å². The Kier molecular flexibility index (Phi) is 5.33. The van der Waals surface area contributed by atoms with Gasteiger partial charge < -0.3 is 10.6 Å². The molecule has 1 amide bonds. The number of hydrogen-bond acceptors (Lipinski definition) is 4. The second-order valence-corrected chi connectivity index (χ2v) is 6.04. The predicted molar refractivity (Wildman–Crippen MR) is 88.7 cm³/mol. The number of hydrogen-bond donors (Lipinski definition) is 2. The van der Waals surface area contributed by atoms with E-state index in [0.717, 1.165) is 10.6 Å². The third kappa shape index (κ3) is 4.27. The van der Waals surface area contributed by atoms with Crippen LogP contribution in [0.5, 0.6) is 0 Å². The van der Waals surface area contributed by atoms with E-state index in [1.165, 1.54) is 18.7 Å². The van der Waals surface area contributed by atoms with Crippen LogP contribution in [0.2, 0.25) is 10.0 Å². The Bertz CT molecular complexity index is 662. The van der Waals surface area contributed by atoms with Crippen LogP contribution in [0.25, 0.3) is 0 Å². The molecule has 0 aliphatic carbocycles. The van der Waals surface area contributed by atoms with E-state index < -0.39 is 0 Å². The molecule has 2 aromatic rings. The molecule has 4 nitrogen and oxygen atoms in total. The smallest absolute Gasteiger partial charge is 0.221 e. The molecule has 2 rings (SSSR count). The lowest BCUT2D eigenvalue weighted by molar-refractivity contribution is -0.114. The first-order valence-corrected chi connectivity index (χ1v) is 7.66. The Hall–Kier alpha value is -1.43. The fraction of sp³-hybridized carbons (Fsp3) is 0.143. The monoisotopic (exact) mass is 341 g/mol. The van der Waals surface area contributed by atoms with Gasteiger partial charge in [0.05, 0.1) is 10.0 Å². The van der Waals surface area contributed by atoms with Crippen molar-refractivity contribution >= 4 is 52.4 Å². The van der Waals surface area contributed by atoms with Crippen LogP contribution >= 0.6 is 35.0 Å². The molecule has 7 heteroatoms. The molecule has 2 N–H and O–H groups in total. The largest absolute Gasteiger partial charge is 0.372 e. The van der Waals surface area contributed by atoms with Gasteiger partial charge in [0.2, 0.25) is 5.91 Å². The summed E-state index contributed by atoms with van der Waals surface area (Å²) >= 11 is 13.6. The van der Waals surface area contributed by atoms with Gasteiger partial charge in [-0.15, -0.1) is 0 Å². The summed E-state index contributed by atoms with van der Waals surface area (Å²) in [6.45, 7) is 1.47. The SMILES string of the molecule is CNc1nc(Sc2ccc(NC(C)=O)cc2)c(Cl)cc1Cl. The lowest BCUT2D eigenvalue weighted by Gasteiger charge is -2.09. The van der Waals surface area contributed by atoms with Crippen molar-refractivity contribution in [3.8, 4) is 0 Å². The fourth-order valence-corrected chi connectivity index (χ4v) is 2.98. The number of pyridine rings is 1. The lowest BCUT2D eigenvalue weighted by atomic mass is 10.3. The van der Waals surface area contributed by atoms with Crippen molar-refractivity contribution in [2.75, 3.05) is 17.7 Å². The van der Waals surface area contributed by atoms with Crippen LogP contribution in [0, 0.1) is 0 Å². The molecule has 1 aromatic heterocycles. The van der Waals surface area contributed by atoms with Gasteiger partial charge in [0, 0.05) is 24.6 Å². The van der Waals surface area contributed by atoms with Crippen LogP contribution in [-0.2, 0) is 4.79 Å². The molecule has 1 aromatic carbocycles. The highest BCUT2D eigenvalue weighted by atomic mass is 35.5. The number of carbonyl (C=O) groups is 1. The van der Waals surface area contributed by atoms with Gasteiger partial charge in [-0.1, -0.05) is 35.0 Å². The zero-order valence-electron chi connectivity index (χ0n) is 11.4. The summed E-state index contributed by atoms with van der Waals surface area (Å²) in [5.41, 5.74) is 0.748. The summed E-state index contributed by atoms with van der Waals surface area (Å²) in [5.74, 6) is 0.481. The Morgan fingerprint density at radius 2 is 1.86 bits per heavy atom. The van der Waals surface area contributed by atoms with Crippen LogP contribution in [0.1, 0.15) is 6.92 Å². The molecule has 0 fully saturated rings. The summed E-state index contributed by atoms with van der Waals surface area (Å²) in [7, 11) is 1.75. The highest BCUT2D eigenvalue weighted by Crippen LogP contribution is 2.35. The number of halogens is 2. The maximum absolute atomic E-state index is 11.0. The average molecular weight is 342 g/mol. The molecule has 0 atom stereocenters. The molecular formula is C14H13Cl2N3OS. The average Bonchev–Trinajstić information content (AvgIpc) is 2.43. The number of aromatic nitrogens is 1. The minimum atomic E-state index is -0.100. The number of nitrogens with zero attached hydrogens (tertiary/aromatic N) is 1. The van der Waals surface area contributed by atoms with Crippen LogP contribution in [-0.4, -0.2) is 17.9 Å². The van der Waals surface area contributed by atoms with Crippen molar-refractivity contribution in [1.82, 2.24) is 4.98 Å². The maximum atomic E-state index is 11.0. The molecule has 0 saturated heterocycles. The first-order valence-electron chi connectivity index (χ1n) is 6.09. The van der Waals surface area contributed by atoms with Gasteiger partial charge >= 0.3 is 0 Å². The van der Waals surface area contributed by atoms with Gasteiger partial charge in [-0.3, -0.25) is 4.79 Å². The third-order valence-electron chi connectivity index (χ3n) is 2.52. The van der Waals surface area contributed by atoms with Gasteiger partial charge in [-0.2, -0.15) is 0 Å². The molecule has 0 aliphatic heterocycles. The Labute approximate surface area is 137 Å². The van der Waals surface area contributed by atoms with Crippen molar-refractivity contribution in [2.24, 2.45) is 0 Å².